The van der Waals surface area contributed by atoms with Crippen LogP contribution in [-0.2, 0) is 18.4 Å². The Morgan fingerprint density at radius 1 is 0.581 bits per heavy atom. The van der Waals surface area contributed by atoms with Crippen LogP contribution in [0.5, 0.6) is 0 Å². The van der Waals surface area contributed by atoms with Crippen molar-refractivity contribution in [3.8, 4) is 0 Å². The van der Waals surface area contributed by atoms with Crippen molar-refractivity contribution in [1.29, 1.82) is 0 Å². The van der Waals surface area contributed by atoms with Gasteiger partial charge in [-0.1, -0.05) is 181 Å². The summed E-state index contributed by atoms with van der Waals surface area (Å²) in [4.78, 5) is 25.3. The number of phosphoric acid groups is 1. The second-order valence-electron chi connectivity index (χ2n) is 17.1. The summed E-state index contributed by atoms with van der Waals surface area (Å²) in [5.74, 6) is -0.223. The number of carbonyl (C=O) groups is 1. The summed E-state index contributed by atoms with van der Waals surface area (Å²) in [7, 11) is 1.22. The molecule has 0 saturated heterocycles. The lowest BCUT2D eigenvalue weighted by Gasteiger charge is -2.29. The number of hydrogen-bond donors (Lipinski definition) is 2. The number of rotatable bonds is 42. The van der Waals surface area contributed by atoms with E-state index in [0.29, 0.717) is 17.4 Å². The molecule has 0 bridgehead atoms. The summed E-state index contributed by atoms with van der Waals surface area (Å²) in [6, 6.07) is -0.911. The second kappa shape index (κ2) is 43.4. The Kier molecular flexibility index (Phi) is 41.4. The number of allylic oxidation sites excluding steroid dienone is 17. The van der Waals surface area contributed by atoms with Crippen LogP contribution in [0.4, 0.5) is 0 Å². The normalized spacial score (nSPS) is 15.1. The van der Waals surface area contributed by atoms with Gasteiger partial charge < -0.3 is 28.8 Å². The molecule has 0 aliphatic heterocycles. The van der Waals surface area contributed by atoms with E-state index in [9.17, 15) is 19.4 Å². The first-order valence-electron chi connectivity index (χ1n) is 24.2. The zero-order chi connectivity index (χ0) is 45.7. The van der Waals surface area contributed by atoms with E-state index in [-0.39, 0.29) is 12.5 Å². The average Bonchev–Trinajstić information content (AvgIpc) is 3.23. The number of amides is 1. The van der Waals surface area contributed by atoms with E-state index < -0.39 is 26.6 Å². The van der Waals surface area contributed by atoms with Gasteiger partial charge in [0.1, 0.15) is 13.2 Å². The average molecular weight is 883 g/mol. The van der Waals surface area contributed by atoms with Crippen LogP contribution in [0.1, 0.15) is 168 Å². The van der Waals surface area contributed by atoms with Gasteiger partial charge in [0.05, 0.1) is 39.9 Å². The minimum absolute atomic E-state index is 0.0137. The van der Waals surface area contributed by atoms with E-state index in [1.165, 1.54) is 51.4 Å². The van der Waals surface area contributed by atoms with Crippen LogP contribution in [0.25, 0.3) is 0 Å². The molecule has 3 unspecified atom stereocenters. The fourth-order valence-corrected chi connectivity index (χ4v) is 6.87. The summed E-state index contributed by atoms with van der Waals surface area (Å²) < 4.78 is 23.1. The molecule has 0 spiro atoms. The zero-order valence-corrected chi connectivity index (χ0v) is 40.9. The van der Waals surface area contributed by atoms with Gasteiger partial charge in [0.2, 0.25) is 5.91 Å². The van der Waals surface area contributed by atoms with Crippen molar-refractivity contribution in [1.82, 2.24) is 5.32 Å². The Hall–Kier alpha value is -2.84. The number of nitrogens with one attached hydrogen (secondary N) is 1. The summed E-state index contributed by atoms with van der Waals surface area (Å²) in [5.41, 5.74) is 0. The van der Waals surface area contributed by atoms with Crippen LogP contribution in [0, 0.1) is 0 Å². The van der Waals surface area contributed by atoms with Crippen molar-refractivity contribution >= 4 is 13.7 Å². The highest BCUT2D eigenvalue weighted by Gasteiger charge is 2.23. The predicted molar refractivity (Wildman–Crippen MR) is 265 cm³/mol. The lowest BCUT2D eigenvalue weighted by molar-refractivity contribution is -0.870. The van der Waals surface area contributed by atoms with Crippen molar-refractivity contribution in [3.05, 3.63) is 109 Å². The fraction of sp³-hybridized carbons (Fsp3) is 0.642. The van der Waals surface area contributed by atoms with Gasteiger partial charge in [-0.15, -0.1) is 0 Å². The van der Waals surface area contributed by atoms with Gasteiger partial charge in [0, 0.05) is 6.42 Å². The molecule has 0 fully saturated rings. The van der Waals surface area contributed by atoms with Crippen LogP contribution >= 0.6 is 7.82 Å². The quantitative estimate of drug-likeness (QED) is 0.0274. The highest BCUT2D eigenvalue weighted by molar-refractivity contribution is 7.45. The standard InChI is InChI=1S/C53H91N2O6P/c1-6-8-10-12-14-16-17-18-19-20-21-22-23-24-25-26-27-28-29-30-31-32-33-34-35-36-37-39-41-43-45-47-53(57)54-51(50-61-62(58,59)60-49-48-55(3,4)5)52(56)46-44-42-40-38-15-13-11-9-7-2/h8,10,14-16,18-19,21-22,24-25,27-28,30-31,38,44,46,51-52,56H,6-7,9,11-13,17,20,23,26,29,32-37,39-43,45,47-50H2,1-5H3,(H-,54,57,58,59)/b10-8-,16-14-,19-18-,22-21-,25-24-,28-27-,31-30-,38-15+,46-44+. The summed E-state index contributed by atoms with van der Waals surface area (Å²) in [5, 5.41) is 13.7. The SMILES string of the molecule is CC/C=C\C/C=C\C/C=C\C/C=C\C/C=C\C/C=C\C/C=C\CCCCCCCCCCCC(=O)NC(COP(=O)([O-])OCC[N+](C)(C)C)C(O)/C=C/CC/C=C/CCCCC. The molecule has 1 amide bonds. The molecule has 354 valence electrons. The maximum atomic E-state index is 12.8. The molecule has 0 saturated carbocycles. The van der Waals surface area contributed by atoms with E-state index in [0.717, 1.165) is 96.3 Å². The van der Waals surface area contributed by atoms with Gasteiger partial charge in [-0.2, -0.15) is 0 Å². The minimum Gasteiger partial charge on any atom is -0.756 e. The molecule has 62 heavy (non-hydrogen) atoms. The van der Waals surface area contributed by atoms with Crippen molar-refractivity contribution in [3.63, 3.8) is 0 Å². The third-order valence-electron chi connectivity index (χ3n) is 9.97. The molecule has 0 aromatic carbocycles. The number of likely N-dealkylation sites (N-methyl/N-ethyl adjacent to an activating group) is 1. The Bertz CT molecular complexity index is 1370. The van der Waals surface area contributed by atoms with E-state index in [2.05, 4.69) is 116 Å². The van der Waals surface area contributed by atoms with Crippen molar-refractivity contribution < 1.29 is 32.9 Å². The van der Waals surface area contributed by atoms with Gasteiger partial charge in [-0.25, -0.2) is 0 Å². The number of phosphoric ester groups is 1. The molecule has 3 atom stereocenters. The maximum Gasteiger partial charge on any atom is 0.268 e. The molecule has 0 radical (unpaired) electrons. The highest BCUT2D eigenvalue weighted by Crippen LogP contribution is 2.38. The number of quaternary nitrogens is 1. The van der Waals surface area contributed by atoms with Crippen LogP contribution in [0.3, 0.4) is 0 Å². The van der Waals surface area contributed by atoms with Crippen LogP contribution in [-0.4, -0.2) is 68.5 Å². The third kappa shape index (κ3) is 45.2. The minimum atomic E-state index is -4.60. The lowest BCUT2D eigenvalue weighted by atomic mass is 10.1. The fourth-order valence-electron chi connectivity index (χ4n) is 6.15. The maximum absolute atomic E-state index is 12.8. The number of aliphatic hydroxyl groups excluding tert-OH is 1. The van der Waals surface area contributed by atoms with Gasteiger partial charge in [-0.05, 0) is 89.9 Å². The van der Waals surface area contributed by atoms with Crippen LogP contribution < -0.4 is 10.2 Å². The molecule has 0 heterocycles. The first kappa shape index (κ1) is 59.2. The number of hydrogen-bond acceptors (Lipinski definition) is 6. The number of unbranched alkanes of at least 4 members (excludes halogenated alkanes) is 13. The van der Waals surface area contributed by atoms with E-state index in [4.69, 9.17) is 9.05 Å². The molecule has 2 N–H and O–H groups in total. The Morgan fingerprint density at radius 2 is 1.00 bits per heavy atom. The number of nitrogens with zero attached hydrogens (tertiary/aromatic N) is 1. The zero-order valence-electron chi connectivity index (χ0n) is 40.0. The molecule has 0 aromatic heterocycles. The van der Waals surface area contributed by atoms with Gasteiger partial charge >= 0.3 is 0 Å². The largest absolute Gasteiger partial charge is 0.756 e. The first-order chi connectivity index (χ1) is 30.0. The molecule has 0 aliphatic carbocycles. The smallest absolute Gasteiger partial charge is 0.268 e. The molecule has 9 heteroatoms. The number of carbonyl (C=O) groups excluding carboxylic acids is 1. The third-order valence-corrected chi connectivity index (χ3v) is 10.9. The Balaban J connectivity index is 4.17. The molecule has 8 nitrogen and oxygen atoms in total. The summed E-state index contributed by atoms with van der Waals surface area (Å²) >= 11 is 0. The van der Waals surface area contributed by atoms with Gasteiger partial charge in [-0.3, -0.25) is 9.36 Å². The van der Waals surface area contributed by atoms with Crippen LogP contribution in [0.15, 0.2) is 109 Å². The van der Waals surface area contributed by atoms with Gasteiger partial charge in [0.15, 0.2) is 0 Å². The molecular formula is C53H91N2O6P. The Labute approximate surface area is 381 Å². The second-order valence-corrected chi connectivity index (χ2v) is 18.5. The highest BCUT2D eigenvalue weighted by atomic mass is 31.2. The predicted octanol–water partition coefficient (Wildman–Crippen LogP) is 13.4. The lowest BCUT2D eigenvalue weighted by Crippen LogP contribution is -2.45. The van der Waals surface area contributed by atoms with Gasteiger partial charge in [0.25, 0.3) is 7.82 Å². The molecule has 0 aliphatic rings. The topological polar surface area (TPSA) is 108 Å². The molecule has 0 rings (SSSR count). The van der Waals surface area contributed by atoms with E-state index in [1.807, 2.05) is 27.2 Å². The Morgan fingerprint density at radius 3 is 1.50 bits per heavy atom. The number of aliphatic hydroxyl groups is 1. The van der Waals surface area contributed by atoms with Crippen molar-refractivity contribution in [2.24, 2.45) is 0 Å². The van der Waals surface area contributed by atoms with Crippen molar-refractivity contribution in [2.75, 3.05) is 40.9 Å². The first-order valence-corrected chi connectivity index (χ1v) is 25.7. The van der Waals surface area contributed by atoms with Crippen LogP contribution in [0.2, 0.25) is 0 Å². The van der Waals surface area contributed by atoms with E-state index in [1.54, 1.807) is 6.08 Å². The van der Waals surface area contributed by atoms with E-state index >= 15 is 0 Å². The monoisotopic (exact) mass is 883 g/mol. The van der Waals surface area contributed by atoms with Crippen molar-refractivity contribution in [2.45, 2.75) is 180 Å². The molecule has 0 aromatic rings. The summed E-state index contributed by atoms with van der Waals surface area (Å²) in [6.45, 7) is 4.42. The summed E-state index contributed by atoms with van der Waals surface area (Å²) in [6.07, 6.45) is 63.1. The molecular weight excluding hydrogens is 792 g/mol.